The van der Waals surface area contributed by atoms with Gasteiger partial charge in [-0.05, 0) is 37.6 Å². The van der Waals surface area contributed by atoms with E-state index in [-0.39, 0.29) is 46.3 Å². The number of anilines is 2. The molecule has 0 bridgehead atoms. The fourth-order valence-corrected chi connectivity index (χ4v) is 3.02. The minimum atomic E-state index is -4.49. The summed E-state index contributed by atoms with van der Waals surface area (Å²) >= 11 is 0. The maximum absolute atomic E-state index is 13.0. The molecule has 1 aromatic carbocycles. The van der Waals surface area contributed by atoms with Gasteiger partial charge in [-0.1, -0.05) is 12.1 Å². The summed E-state index contributed by atoms with van der Waals surface area (Å²) in [5.74, 6) is -0.815. The molecule has 3 aromatic rings. The summed E-state index contributed by atoms with van der Waals surface area (Å²) in [5, 5.41) is 6.33. The fraction of sp³-hybridized carbons (Fsp3) is 0.286. The molecule has 0 aliphatic rings. The zero-order valence-electron chi connectivity index (χ0n) is 18.0. The first-order valence-electron chi connectivity index (χ1n) is 9.87. The Morgan fingerprint density at radius 1 is 1.15 bits per heavy atom. The van der Waals surface area contributed by atoms with Crippen LogP contribution in [0.25, 0.3) is 11.1 Å². The van der Waals surface area contributed by atoms with Crippen molar-refractivity contribution >= 4 is 17.5 Å². The molecule has 0 radical (unpaired) electrons. The van der Waals surface area contributed by atoms with Crippen LogP contribution in [-0.4, -0.2) is 33.0 Å². The molecule has 182 valence electrons. The van der Waals surface area contributed by atoms with Gasteiger partial charge in [0.05, 0.1) is 11.3 Å². The molecule has 2 heterocycles. The highest BCUT2D eigenvalue weighted by Gasteiger charge is 2.38. The van der Waals surface area contributed by atoms with Crippen molar-refractivity contribution in [3.63, 3.8) is 0 Å². The van der Waals surface area contributed by atoms with Gasteiger partial charge in [-0.2, -0.15) is 27.1 Å². The third-order valence-electron chi connectivity index (χ3n) is 4.88. The van der Waals surface area contributed by atoms with Crippen molar-refractivity contribution in [1.29, 1.82) is 0 Å². The van der Waals surface area contributed by atoms with Crippen LogP contribution in [0.2, 0.25) is 0 Å². The number of ether oxygens (including phenoxy) is 1. The van der Waals surface area contributed by atoms with E-state index in [2.05, 4.69) is 15.4 Å². The Labute approximate surface area is 190 Å². The number of rotatable bonds is 7. The number of nitrogens with one attached hydrogen (secondary N) is 1. The van der Waals surface area contributed by atoms with Gasteiger partial charge in [0.15, 0.2) is 6.10 Å². The second-order valence-electron chi connectivity index (χ2n) is 7.37. The number of halogens is 5. The Kier molecular flexibility index (Phi) is 6.93. The zero-order chi connectivity index (χ0) is 25.2. The predicted octanol–water partition coefficient (Wildman–Crippen LogP) is 4.07. The Morgan fingerprint density at radius 3 is 2.35 bits per heavy atom. The molecule has 0 aliphatic carbocycles. The van der Waals surface area contributed by atoms with Crippen LogP contribution in [0, 0.1) is 6.92 Å². The lowest BCUT2D eigenvalue weighted by Crippen LogP contribution is -2.31. The molecule has 8 nitrogen and oxygen atoms in total. The monoisotopic (exact) mass is 484 g/mol. The fourth-order valence-electron chi connectivity index (χ4n) is 3.02. The summed E-state index contributed by atoms with van der Waals surface area (Å²) in [6.07, 6.45) is -5.37. The topological polar surface area (TPSA) is 121 Å². The minimum absolute atomic E-state index is 0.0232. The van der Waals surface area contributed by atoms with Crippen molar-refractivity contribution in [1.82, 2.24) is 20.1 Å². The average molecular weight is 484 g/mol. The number of alkyl halides is 5. The van der Waals surface area contributed by atoms with E-state index in [0.717, 1.165) is 13.1 Å². The molecule has 0 spiro atoms. The van der Waals surface area contributed by atoms with Gasteiger partial charge in [0.2, 0.25) is 0 Å². The first-order chi connectivity index (χ1) is 15.9. The number of carbonyl (C=O) groups excluding carboxylic acids is 1. The van der Waals surface area contributed by atoms with Gasteiger partial charge < -0.3 is 21.5 Å². The number of nitrogens with zero attached hydrogens (tertiary/aromatic N) is 3. The van der Waals surface area contributed by atoms with Crippen molar-refractivity contribution in [2.45, 2.75) is 39.2 Å². The maximum atomic E-state index is 13.0. The van der Waals surface area contributed by atoms with E-state index in [1.54, 1.807) is 0 Å². The zero-order valence-corrected chi connectivity index (χ0v) is 18.0. The molecule has 0 fully saturated rings. The smallest absolute Gasteiger partial charge is 0.425 e. The molecule has 0 aliphatic heterocycles. The summed E-state index contributed by atoms with van der Waals surface area (Å²) in [4.78, 5) is 16.6. The van der Waals surface area contributed by atoms with E-state index < -0.39 is 24.7 Å². The molecule has 0 saturated carbocycles. The number of nitrogen functional groups attached to an aromatic ring is 2. The Morgan fingerprint density at radius 2 is 1.79 bits per heavy atom. The van der Waals surface area contributed by atoms with Gasteiger partial charge in [-0.3, -0.25) is 4.79 Å². The third kappa shape index (κ3) is 5.53. The molecule has 3 rings (SSSR count). The van der Waals surface area contributed by atoms with Crippen LogP contribution in [0.15, 0.2) is 36.5 Å². The molecule has 1 amide bonds. The number of aromatic nitrogens is 3. The van der Waals surface area contributed by atoms with Gasteiger partial charge in [0, 0.05) is 23.9 Å². The lowest BCUT2D eigenvalue weighted by Gasteiger charge is -2.17. The number of carbonyl (C=O) groups is 1. The minimum Gasteiger partial charge on any atom is -0.481 e. The van der Waals surface area contributed by atoms with Crippen LogP contribution in [0.5, 0.6) is 5.75 Å². The number of amides is 1. The summed E-state index contributed by atoms with van der Waals surface area (Å²) in [7, 11) is 0. The Balaban J connectivity index is 1.74. The molecule has 0 unspecified atom stereocenters. The highest BCUT2D eigenvalue weighted by molar-refractivity contribution is 6.00. The maximum Gasteiger partial charge on any atom is 0.425 e. The molecule has 13 heteroatoms. The van der Waals surface area contributed by atoms with Crippen LogP contribution in [0.1, 0.15) is 35.1 Å². The lowest BCUT2D eigenvalue weighted by molar-refractivity contribution is -0.189. The van der Waals surface area contributed by atoms with Crippen molar-refractivity contribution in [2.75, 3.05) is 11.5 Å². The van der Waals surface area contributed by atoms with Crippen molar-refractivity contribution in [2.24, 2.45) is 0 Å². The number of benzene rings is 1. The van der Waals surface area contributed by atoms with Crippen LogP contribution in [-0.2, 0) is 6.54 Å². The van der Waals surface area contributed by atoms with Crippen LogP contribution in [0.3, 0.4) is 0 Å². The highest BCUT2D eigenvalue weighted by atomic mass is 19.4. The van der Waals surface area contributed by atoms with Crippen LogP contribution in [0.4, 0.5) is 33.6 Å². The Hall–Kier alpha value is -3.90. The second-order valence-corrected chi connectivity index (χ2v) is 7.37. The predicted molar refractivity (Wildman–Crippen MR) is 114 cm³/mol. The van der Waals surface area contributed by atoms with E-state index in [4.69, 9.17) is 16.2 Å². The van der Waals surface area contributed by atoms with Crippen LogP contribution >= 0.6 is 0 Å². The van der Waals surface area contributed by atoms with Gasteiger partial charge in [-0.25, -0.2) is 9.67 Å². The van der Waals surface area contributed by atoms with Gasteiger partial charge in [0.1, 0.15) is 17.4 Å². The SMILES string of the molecule is Cc1nn(C(F)F)cc1-c1cc(C(=O)NCc2ccc(O[C@H](C)C(F)(F)F)cc2)c(N)nc1N. The number of nitrogens with two attached hydrogens (primary N) is 2. The van der Waals surface area contributed by atoms with Crippen LogP contribution < -0.4 is 21.5 Å². The standard InChI is InChI=1S/C21H21F5N6O2/c1-10-16(9-32(31-10)20(22)23)14-7-15(18(28)30-17(14)27)19(33)29-8-12-3-5-13(6-4-12)34-11(2)21(24,25)26/h3-7,9,11,20H,8H2,1-2H3,(H,29,33)(H4,27,28,30)/t11-/m1/s1. The van der Waals surface area contributed by atoms with E-state index in [9.17, 15) is 26.7 Å². The number of pyridine rings is 1. The summed E-state index contributed by atoms with van der Waals surface area (Å²) in [6, 6.07) is 7.03. The number of hydrogen-bond donors (Lipinski definition) is 3. The first kappa shape index (κ1) is 24.7. The summed E-state index contributed by atoms with van der Waals surface area (Å²) in [6.45, 7) is -0.429. The van der Waals surface area contributed by atoms with Crippen molar-refractivity contribution < 1.29 is 31.5 Å². The van der Waals surface area contributed by atoms with E-state index in [1.165, 1.54) is 37.3 Å². The quantitative estimate of drug-likeness (QED) is 0.435. The molecule has 1 atom stereocenters. The second kappa shape index (κ2) is 9.53. The molecule has 2 aromatic heterocycles. The van der Waals surface area contributed by atoms with Gasteiger partial charge >= 0.3 is 12.7 Å². The Bertz CT molecular complexity index is 1180. The molecule has 34 heavy (non-hydrogen) atoms. The number of aryl methyl sites for hydroxylation is 1. The van der Waals surface area contributed by atoms with Crippen molar-refractivity contribution in [3.05, 3.63) is 53.3 Å². The number of hydrogen-bond acceptors (Lipinski definition) is 6. The lowest BCUT2D eigenvalue weighted by atomic mass is 10.0. The third-order valence-corrected chi connectivity index (χ3v) is 4.88. The highest BCUT2D eigenvalue weighted by Crippen LogP contribution is 2.31. The summed E-state index contributed by atoms with van der Waals surface area (Å²) < 4.78 is 69.0. The van der Waals surface area contributed by atoms with E-state index in [1.807, 2.05) is 0 Å². The normalized spacial score (nSPS) is 12.6. The van der Waals surface area contributed by atoms with Gasteiger partial charge in [-0.15, -0.1) is 0 Å². The first-order valence-corrected chi connectivity index (χ1v) is 9.87. The molecule has 5 N–H and O–H groups in total. The molecular weight excluding hydrogens is 463 g/mol. The largest absolute Gasteiger partial charge is 0.481 e. The van der Waals surface area contributed by atoms with Crippen molar-refractivity contribution in [3.8, 4) is 16.9 Å². The summed E-state index contributed by atoms with van der Waals surface area (Å²) in [5.41, 5.74) is 13.0. The van der Waals surface area contributed by atoms with E-state index in [0.29, 0.717) is 10.2 Å². The molecule has 0 saturated heterocycles. The van der Waals surface area contributed by atoms with E-state index >= 15 is 0 Å². The van der Waals surface area contributed by atoms with Gasteiger partial charge in [0.25, 0.3) is 5.91 Å². The average Bonchev–Trinajstić information content (AvgIpc) is 3.14. The molecular formula is C21H21F5N6O2.